The molecule has 1 rings (SSSR count). The second-order valence-electron chi connectivity index (χ2n) is 5.89. The van der Waals surface area contributed by atoms with Gasteiger partial charge in [0.15, 0.2) is 0 Å². The average molecular weight is 254 g/mol. The summed E-state index contributed by atoms with van der Waals surface area (Å²) < 4.78 is 0. The lowest BCUT2D eigenvalue weighted by atomic mass is 9.82. The van der Waals surface area contributed by atoms with E-state index in [1.807, 2.05) is 0 Å². The van der Waals surface area contributed by atoms with E-state index in [9.17, 15) is 4.79 Å². The topological polar surface area (TPSA) is 55.1 Å². The molecule has 0 aromatic carbocycles. The highest BCUT2D eigenvalue weighted by atomic mass is 16.1. The average Bonchev–Trinajstić information content (AvgIpc) is 2.36. The maximum absolute atomic E-state index is 11.7. The summed E-state index contributed by atoms with van der Waals surface area (Å²) in [6.45, 7) is 3.99. The van der Waals surface area contributed by atoms with E-state index >= 15 is 0 Å². The minimum absolute atomic E-state index is 0.237. The molecule has 1 aliphatic carbocycles. The first-order valence-corrected chi connectivity index (χ1v) is 7.69. The Morgan fingerprint density at radius 1 is 1.22 bits per heavy atom. The Bertz CT molecular complexity index is 231. The predicted molar refractivity (Wildman–Crippen MR) is 76.3 cm³/mol. The Labute approximate surface area is 112 Å². The monoisotopic (exact) mass is 254 g/mol. The van der Waals surface area contributed by atoms with Crippen molar-refractivity contribution in [3.8, 4) is 0 Å². The van der Waals surface area contributed by atoms with E-state index in [-0.39, 0.29) is 5.91 Å². The van der Waals surface area contributed by atoms with Crippen molar-refractivity contribution in [1.29, 1.82) is 0 Å². The van der Waals surface area contributed by atoms with E-state index in [1.54, 1.807) is 0 Å². The molecule has 2 atom stereocenters. The van der Waals surface area contributed by atoms with Crippen molar-refractivity contribution in [2.45, 2.75) is 64.7 Å². The van der Waals surface area contributed by atoms with E-state index in [2.05, 4.69) is 12.2 Å². The molecule has 0 saturated heterocycles. The summed E-state index contributed by atoms with van der Waals surface area (Å²) in [6, 6.07) is 0. The van der Waals surface area contributed by atoms with Crippen molar-refractivity contribution >= 4 is 5.91 Å². The van der Waals surface area contributed by atoms with Gasteiger partial charge in [0.05, 0.1) is 0 Å². The van der Waals surface area contributed by atoms with Gasteiger partial charge in [-0.1, -0.05) is 32.6 Å². The number of nitrogens with one attached hydrogen (secondary N) is 1. The van der Waals surface area contributed by atoms with Gasteiger partial charge in [-0.05, 0) is 44.1 Å². The van der Waals surface area contributed by atoms with Crippen molar-refractivity contribution < 1.29 is 4.79 Å². The van der Waals surface area contributed by atoms with Crippen LogP contribution in [0.3, 0.4) is 0 Å². The van der Waals surface area contributed by atoms with Crippen molar-refractivity contribution in [1.82, 2.24) is 5.32 Å². The molecular weight excluding hydrogens is 224 g/mol. The maximum Gasteiger partial charge on any atom is 0.220 e. The fourth-order valence-corrected chi connectivity index (χ4v) is 2.88. The number of carbonyl (C=O) groups excluding carboxylic acids is 1. The number of carbonyl (C=O) groups is 1. The number of amides is 1. The highest BCUT2D eigenvalue weighted by Gasteiger charge is 2.18. The molecule has 1 aliphatic rings. The molecule has 0 bridgehead atoms. The fourth-order valence-electron chi connectivity index (χ4n) is 2.88. The molecule has 0 radical (unpaired) electrons. The van der Waals surface area contributed by atoms with Crippen LogP contribution in [0, 0.1) is 11.8 Å². The number of nitrogens with two attached hydrogens (primary N) is 1. The van der Waals surface area contributed by atoms with Crippen LogP contribution >= 0.6 is 0 Å². The Kier molecular flexibility index (Phi) is 8.06. The Hall–Kier alpha value is -0.570. The van der Waals surface area contributed by atoms with Crippen LogP contribution in [0.1, 0.15) is 64.7 Å². The lowest BCUT2D eigenvalue weighted by Gasteiger charge is -2.26. The first-order valence-electron chi connectivity index (χ1n) is 7.69. The van der Waals surface area contributed by atoms with Gasteiger partial charge < -0.3 is 11.1 Å². The van der Waals surface area contributed by atoms with Gasteiger partial charge in [-0.15, -0.1) is 0 Å². The van der Waals surface area contributed by atoms with Gasteiger partial charge in [-0.25, -0.2) is 0 Å². The molecular formula is C15H30N2O. The van der Waals surface area contributed by atoms with Crippen LogP contribution < -0.4 is 11.1 Å². The summed E-state index contributed by atoms with van der Waals surface area (Å²) in [4.78, 5) is 11.7. The quantitative estimate of drug-likeness (QED) is 0.654. The zero-order valence-corrected chi connectivity index (χ0v) is 11.9. The van der Waals surface area contributed by atoms with Gasteiger partial charge in [0.25, 0.3) is 0 Å². The number of hydrogen-bond donors (Lipinski definition) is 2. The molecule has 3 N–H and O–H groups in total. The van der Waals surface area contributed by atoms with Crippen molar-refractivity contribution in [3.05, 3.63) is 0 Å². The van der Waals surface area contributed by atoms with E-state index in [4.69, 9.17) is 5.73 Å². The Morgan fingerprint density at radius 3 is 2.72 bits per heavy atom. The van der Waals surface area contributed by atoms with Crippen LogP contribution in [-0.2, 0) is 4.79 Å². The van der Waals surface area contributed by atoms with Crippen LogP contribution in [0.4, 0.5) is 0 Å². The lowest BCUT2D eigenvalue weighted by molar-refractivity contribution is -0.121. The molecule has 1 saturated carbocycles. The van der Waals surface area contributed by atoms with Crippen LogP contribution in [0.2, 0.25) is 0 Å². The summed E-state index contributed by atoms with van der Waals surface area (Å²) in [5.41, 5.74) is 5.43. The smallest absolute Gasteiger partial charge is 0.220 e. The summed E-state index contributed by atoms with van der Waals surface area (Å²) in [5, 5.41) is 3.10. The van der Waals surface area contributed by atoms with Crippen molar-refractivity contribution in [2.75, 3.05) is 13.1 Å². The summed E-state index contributed by atoms with van der Waals surface area (Å²) in [7, 11) is 0. The molecule has 0 aromatic rings. The fraction of sp³-hybridized carbons (Fsp3) is 0.933. The molecule has 106 valence electrons. The van der Waals surface area contributed by atoms with Gasteiger partial charge in [0.2, 0.25) is 5.91 Å². The normalized spacial score (nSPS) is 23.9. The third-order valence-electron chi connectivity index (χ3n) is 3.99. The second kappa shape index (κ2) is 9.37. The van der Waals surface area contributed by atoms with Gasteiger partial charge in [-0.2, -0.15) is 0 Å². The molecule has 0 heterocycles. The van der Waals surface area contributed by atoms with E-state index in [0.717, 1.165) is 50.6 Å². The van der Waals surface area contributed by atoms with Crippen molar-refractivity contribution in [3.63, 3.8) is 0 Å². The lowest BCUT2D eigenvalue weighted by Crippen LogP contribution is -2.31. The summed E-state index contributed by atoms with van der Waals surface area (Å²) >= 11 is 0. The van der Waals surface area contributed by atoms with Gasteiger partial charge in [0.1, 0.15) is 0 Å². The SMILES string of the molecule is CC1CCCC(CNC(=O)CCCCCCN)C1. The summed E-state index contributed by atoms with van der Waals surface area (Å²) in [5.74, 6) is 1.80. The molecule has 3 heteroatoms. The zero-order valence-electron chi connectivity index (χ0n) is 11.9. The highest BCUT2D eigenvalue weighted by molar-refractivity contribution is 5.75. The number of rotatable bonds is 8. The zero-order chi connectivity index (χ0) is 13.2. The standard InChI is InChI=1S/C15H30N2O/c1-13-7-6-8-14(11-13)12-17-15(18)9-4-2-3-5-10-16/h13-14H,2-12,16H2,1H3,(H,17,18). The number of unbranched alkanes of at least 4 members (excludes halogenated alkanes) is 3. The molecule has 0 spiro atoms. The third-order valence-corrected chi connectivity index (χ3v) is 3.99. The van der Waals surface area contributed by atoms with Gasteiger partial charge in [0, 0.05) is 13.0 Å². The van der Waals surface area contributed by atoms with Gasteiger partial charge >= 0.3 is 0 Å². The Morgan fingerprint density at radius 2 is 2.00 bits per heavy atom. The molecule has 0 aliphatic heterocycles. The first-order chi connectivity index (χ1) is 8.72. The van der Waals surface area contributed by atoms with E-state index in [1.165, 1.54) is 25.7 Å². The minimum atomic E-state index is 0.237. The molecule has 18 heavy (non-hydrogen) atoms. The first kappa shape index (κ1) is 15.5. The Balaban J connectivity index is 1.99. The third kappa shape index (κ3) is 7.00. The predicted octanol–water partition coefficient (Wildman–Crippen LogP) is 2.84. The minimum Gasteiger partial charge on any atom is -0.356 e. The van der Waals surface area contributed by atoms with E-state index < -0.39 is 0 Å². The number of hydrogen-bond acceptors (Lipinski definition) is 2. The molecule has 2 unspecified atom stereocenters. The van der Waals surface area contributed by atoms with Crippen LogP contribution in [0.5, 0.6) is 0 Å². The highest BCUT2D eigenvalue weighted by Crippen LogP contribution is 2.27. The molecule has 1 fully saturated rings. The molecule has 3 nitrogen and oxygen atoms in total. The molecule has 1 amide bonds. The largest absolute Gasteiger partial charge is 0.356 e. The second-order valence-corrected chi connectivity index (χ2v) is 5.89. The molecule has 0 aromatic heterocycles. The maximum atomic E-state index is 11.7. The summed E-state index contributed by atoms with van der Waals surface area (Å²) in [6.07, 6.45) is 10.3. The van der Waals surface area contributed by atoms with Crippen LogP contribution in [0.25, 0.3) is 0 Å². The van der Waals surface area contributed by atoms with Crippen molar-refractivity contribution in [2.24, 2.45) is 17.6 Å². The van der Waals surface area contributed by atoms with Crippen LogP contribution in [-0.4, -0.2) is 19.0 Å². The van der Waals surface area contributed by atoms with Gasteiger partial charge in [-0.3, -0.25) is 4.79 Å². The van der Waals surface area contributed by atoms with Crippen LogP contribution in [0.15, 0.2) is 0 Å². The van der Waals surface area contributed by atoms with E-state index in [0.29, 0.717) is 6.42 Å².